The van der Waals surface area contributed by atoms with Crippen LogP contribution < -0.4 is 27.4 Å². The van der Waals surface area contributed by atoms with Gasteiger partial charge in [0.2, 0.25) is 17.7 Å². The zero-order valence-corrected chi connectivity index (χ0v) is 20.6. The Morgan fingerprint density at radius 2 is 1.62 bits per heavy atom. The van der Waals surface area contributed by atoms with E-state index in [1.807, 2.05) is 0 Å². The summed E-state index contributed by atoms with van der Waals surface area (Å²) in [6.07, 6.45) is 4.51. The van der Waals surface area contributed by atoms with Gasteiger partial charge in [-0.25, -0.2) is 4.98 Å². The molecule has 0 fully saturated rings. The Balaban J connectivity index is 2.12. The Morgan fingerprint density at radius 3 is 2.22 bits per heavy atom. The molecule has 0 bridgehead atoms. The molecular formula is C24H35N7O6. The zero-order chi connectivity index (χ0) is 27.4. The molecular weight excluding hydrogens is 482 g/mol. The lowest BCUT2D eigenvalue weighted by Gasteiger charge is -2.24. The number of aromatic amines is 1. The molecule has 2 aromatic rings. The fraction of sp³-hybridized carbons (Fsp3) is 0.458. The van der Waals surface area contributed by atoms with Crippen LogP contribution >= 0.6 is 0 Å². The lowest BCUT2D eigenvalue weighted by atomic mass is 10.0. The molecule has 1 aromatic heterocycles. The largest absolute Gasteiger partial charge is 0.508 e. The van der Waals surface area contributed by atoms with Crippen LogP contribution in [0, 0.1) is 0 Å². The third-order valence-electron chi connectivity index (χ3n) is 5.65. The third-order valence-corrected chi connectivity index (χ3v) is 5.65. The lowest BCUT2D eigenvalue weighted by Crippen LogP contribution is -2.57. The van der Waals surface area contributed by atoms with Gasteiger partial charge in [0.1, 0.15) is 23.9 Å². The summed E-state index contributed by atoms with van der Waals surface area (Å²) in [7, 11) is 0. The summed E-state index contributed by atoms with van der Waals surface area (Å²) < 4.78 is 0. The quantitative estimate of drug-likeness (QED) is 0.134. The number of aliphatic carboxylic acids is 1. The number of H-pyrrole nitrogens is 1. The minimum atomic E-state index is -1.23. The van der Waals surface area contributed by atoms with Gasteiger partial charge in [0, 0.05) is 18.3 Å². The second-order valence-corrected chi connectivity index (χ2v) is 8.73. The molecule has 2 rings (SSSR count). The van der Waals surface area contributed by atoms with Gasteiger partial charge in [-0.3, -0.25) is 19.2 Å². The Kier molecular flexibility index (Phi) is 11.5. The molecule has 0 radical (unpaired) electrons. The van der Waals surface area contributed by atoms with E-state index in [0.717, 1.165) is 5.56 Å². The number of hydrogen-bond acceptors (Lipinski definition) is 8. The number of nitrogens with one attached hydrogen (secondary N) is 4. The number of aromatic hydroxyl groups is 1. The number of imidazole rings is 1. The van der Waals surface area contributed by atoms with E-state index in [1.54, 1.807) is 12.1 Å². The van der Waals surface area contributed by atoms with Crippen LogP contribution in [0.5, 0.6) is 5.75 Å². The maximum atomic E-state index is 13.2. The van der Waals surface area contributed by atoms with E-state index in [9.17, 15) is 24.3 Å². The number of rotatable bonds is 15. The minimum Gasteiger partial charge on any atom is -0.508 e. The predicted molar refractivity (Wildman–Crippen MR) is 134 cm³/mol. The normalized spacial score (nSPS) is 14.1. The van der Waals surface area contributed by atoms with Crippen LogP contribution in [0.1, 0.15) is 37.4 Å². The average molecular weight is 518 g/mol. The molecule has 0 saturated heterocycles. The Bertz CT molecular complexity index is 1030. The van der Waals surface area contributed by atoms with Crippen LogP contribution in [-0.4, -0.2) is 74.6 Å². The van der Waals surface area contributed by atoms with Crippen molar-refractivity contribution in [1.29, 1.82) is 0 Å². The van der Waals surface area contributed by atoms with Crippen LogP contribution in [0.25, 0.3) is 0 Å². The fourth-order valence-electron chi connectivity index (χ4n) is 3.49. The molecule has 4 atom stereocenters. The molecule has 13 heteroatoms. The molecule has 13 nitrogen and oxygen atoms in total. The fourth-order valence-corrected chi connectivity index (χ4v) is 3.49. The van der Waals surface area contributed by atoms with Crippen molar-refractivity contribution in [3.8, 4) is 5.75 Å². The summed E-state index contributed by atoms with van der Waals surface area (Å²) in [4.78, 5) is 56.7. The molecule has 1 aromatic carbocycles. The summed E-state index contributed by atoms with van der Waals surface area (Å²) in [5, 5.41) is 26.2. The SMILES string of the molecule is CC(NC(=O)C(Cc1cnc[nH]1)NC(=O)C(CCCCN)NC(=O)C(N)Cc1ccc(O)cc1)C(=O)O. The highest BCUT2D eigenvalue weighted by atomic mass is 16.4. The number of carbonyl (C=O) groups is 4. The molecule has 37 heavy (non-hydrogen) atoms. The second-order valence-electron chi connectivity index (χ2n) is 8.73. The molecule has 1 heterocycles. The van der Waals surface area contributed by atoms with E-state index in [4.69, 9.17) is 16.6 Å². The number of carboxylic acids is 1. The lowest BCUT2D eigenvalue weighted by molar-refractivity contribution is -0.141. The van der Waals surface area contributed by atoms with Gasteiger partial charge < -0.3 is 42.6 Å². The van der Waals surface area contributed by atoms with Gasteiger partial charge in [-0.05, 0) is 56.8 Å². The number of carbonyl (C=O) groups excluding carboxylic acids is 3. The molecule has 0 spiro atoms. The van der Waals surface area contributed by atoms with Crippen LogP contribution in [0.3, 0.4) is 0 Å². The highest BCUT2D eigenvalue weighted by molar-refractivity contribution is 5.94. The van der Waals surface area contributed by atoms with Crippen LogP contribution in [0.2, 0.25) is 0 Å². The first-order valence-electron chi connectivity index (χ1n) is 12.0. The first kappa shape index (κ1) is 29.3. The summed E-state index contributed by atoms with van der Waals surface area (Å²) in [6, 6.07) is 1.99. The maximum absolute atomic E-state index is 13.2. The van der Waals surface area contributed by atoms with Gasteiger partial charge in [-0.15, -0.1) is 0 Å². The number of carboxylic acid groups (broad SMARTS) is 1. The standard InChI is InChI=1S/C24H35N7O6/c1-14(24(36)37)29-23(35)20(11-16-12-27-13-28-16)31-22(34)19(4-2-3-9-25)30-21(33)18(26)10-15-5-7-17(32)8-6-15/h5-8,12-14,18-20,32H,2-4,9-11,25-26H2,1H3,(H,27,28)(H,29,35)(H,30,33)(H,31,34)(H,36,37). The zero-order valence-electron chi connectivity index (χ0n) is 20.6. The van der Waals surface area contributed by atoms with Gasteiger partial charge in [-0.1, -0.05) is 12.1 Å². The van der Waals surface area contributed by atoms with Crippen molar-refractivity contribution in [2.45, 2.75) is 63.2 Å². The molecule has 0 aliphatic carbocycles. The Morgan fingerprint density at radius 1 is 0.973 bits per heavy atom. The van der Waals surface area contributed by atoms with Gasteiger partial charge in [0.25, 0.3) is 0 Å². The van der Waals surface area contributed by atoms with E-state index in [-0.39, 0.29) is 25.0 Å². The highest BCUT2D eigenvalue weighted by Gasteiger charge is 2.29. The van der Waals surface area contributed by atoms with Crippen LogP contribution in [0.15, 0.2) is 36.8 Å². The Hall–Kier alpha value is -3.97. The molecule has 202 valence electrons. The smallest absolute Gasteiger partial charge is 0.325 e. The third kappa shape index (κ3) is 9.89. The van der Waals surface area contributed by atoms with E-state index < -0.39 is 47.9 Å². The van der Waals surface area contributed by atoms with Crippen molar-refractivity contribution in [3.63, 3.8) is 0 Å². The molecule has 4 unspecified atom stereocenters. The van der Waals surface area contributed by atoms with Crippen molar-refractivity contribution in [2.75, 3.05) is 6.54 Å². The average Bonchev–Trinajstić information content (AvgIpc) is 3.37. The van der Waals surface area contributed by atoms with E-state index in [2.05, 4.69) is 25.9 Å². The van der Waals surface area contributed by atoms with Gasteiger partial charge in [-0.2, -0.15) is 0 Å². The number of hydrogen-bond donors (Lipinski definition) is 8. The van der Waals surface area contributed by atoms with Crippen molar-refractivity contribution in [3.05, 3.63) is 48.0 Å². The molecule has 10 N–H and O–H groups in total. The van der Waals surface area contributed by atoms with Crippen LogP contribution in [0.4, 0.5) is 0 Å². The number of benzene rings is 1. The van der Waals surface area contributed by atoms with Gasteiger partial charge in [0.15, 0.2) is 0 Å². The van der Waals surface area contributed by atoms with Crippen molar-refractivity contribution in [2.24, 2.45) is 11.5 Å². The molecule has 0 aliphatic rings. The number of nitrogens with two attached hydrogens (primary N) is 2. The van der Waals surface area contributed by atoms with E-state index >= 15 is 0 Å². The second kappa shape index (κ2) is 14.6. The number of unbranched alkanes of at least 4 members (excludes halogenated alkanes) is 1. The van der Waals surface area contributed by atoms with Crippen molar-refractivity contribution < 1.29 is 29.4 Å². The summed E-state index contributed by atoms with van der Waals surface area (Å²) in [5.74, 6) is -3.02. The van der Waals surface area contributed by atoms with Gasteiger partial charge >= 0.3 is 5.97 Å². The predicted octanol–water partition coefficient (Wildman–Crippen LogP) is -1.08. The number of phenols is 1. The number of aromatic nitrogens is 2. The Labute approximate surface area is 214 Å². The summed E-state index contributed by atoms with van der Waals surface area (Å²) in [5.41, 5.74) is 12.9. The first-order valence-corrected chi connectivity index (χ1v) is 12.0. The number of amides is 3. The molecule has 0 saturated carbocycles. The van der Waals surface area contributed by atoms with E-state index in [0.29, 0.717) is 25.1 Å². The summed E-state index contributed by atoms with van der Waals surface area (Å²) in [6.45, 7) is 1.71. The van der Waals surface area contributed by atoms with Crippen molar-refractivity contribution >= 4 is 23.7 Å². The first-order chi connectivity index (χ1) is 17.6. The summed E-state index contributed by atoms with van der Waals surface area (Å²) >= 11 is 0. The van der Waals surface area contributed by atoms with Crippen LogP contribution in [-0.2, 0) is 32.0 Å². The van der Waals surface area contributed by atoms with Gasteiger partial charge in [0.05, 0.1) is 12.4 Å². The maximum Gasteiger partial charge on any atom is 0.325 e. The van der Waals surface area contributed by atoms with Crippen molar-refractivity contribution in [1.82, 2.24) is 25.9 Å². The number of nitrogens with zero attached hydrogens (tertiary/aromatic N) is 1. The monoisotopic (exact) mass is 517 g/mol. The van der Waals surface area contributed by atoms with E-state index in [1.165, 1.54) is 31.6 Å². The molecule has 3 amide bonds. The number of phenolic OH excluding ortho intramolecular Hbond substituents is 1. The molecule has 0 aliphatic heterocycles. The minimum absolute atomic E-state index is 0.0216. The highest BCUT2D eigenvalue weighted by Crippen LogP contribution is 2.11. The topological polar surface area (TPSA) is 226 Å².